The standard InChI is InChI=1S/C17H21BrN2O/c1-2-5-13(8-10-18)12-20-17(21)15-9-11-19-16-7-4-3-6-14(15)16/h3-4,6-7,9,11,13H,2,5,8,10,12H2,1H3,(H,20,21). The van der Waals surface area contributed by atoms with Crippen molar-refractivity contribution in [2.75, 3.05) is 11.9 Å². The van der Waals surface area contributed by atoms with Crippen molar-refractivity contribution in [1.29, 1.82) is 0 Å². The van der Waals surface area contributed by atoms with E-state index in [-0.39, 0.29) is 5.91 Å². The fourth-order valence-corrected chi connectivity index (χ4v) is 3.18. The van der Waals surface area contributed by atoms with Crippen LogP contribution in [-0.4, -0.2) is 22.8 Å². The van der Waals surface area contributed by atoms with Crippen molar-refractivity contribution in [3.05, 3.63) is 42.1 Å². The van der Waals surface area contributed by atoms with Gasteiger partial charge in [0.25, 0.3) is 5.91 Å². The van der Waals surface area contributed by atoms with Crippen molar-refractivity contribution in [1.82, 2.24) is 10.3 Å². The Bertz CT molecular complexity index is 589. The largest absolute Gasteiger partial charge is 0.352 e. The molecule has 1 unspecified atom stereocenters. The van der Waals surface area contributed by atoms with Crippen molar-refractivity contribution >= 4 is 32.7 Å². The number of nitrogens with zero attached hydrogens (tertiary/aromatic N) is 1. The molecule has 1 atom stereocenters. The molecule has 1 heterocycles. The second kappa shape index (κ2) is 8.13. The van der Waals surface area contributed by atoms with Crippen LogP contribution in [0.15, 0.2) is 36.5 Å². The molecule has 0 aliphatic rings. The number of fused-ring (bicyclic) bond motifs is 1. The molecule has 1 aromatic heterocycles. The summed E-state index contributed by atoms with van der Waals surface area (Å²) in [6.45, 7) is 2.91. The fraction of sp³-hybridized carbons (Fsp3) is 0.412. The van der Waals surface area contributed by atoms with Crippen molar-refractivity contribution < 1.29 is 4.79 Å². The zero-order chi connectivity index (χ0) is 15.1. The van der Waals surface area contributed by atoms with E-state index in [0.717, 1.165) is 42.0 Å². The highest BCUT2D eigenvalue weighted by Gasteiger charge is 2.13. The Kier molecular flexibility index (Phi) is 6.18. The average molecular weight is 349 g/mol. The van der Waals surface area contributed by atoms with E-state index in [0.29, 0.717) is 11.5 Å². The molecule has 1 N–H and O–H groups in total. The number of benzene rings is 1. The van der Waals surface area contributed by atoms with E-state index in [4.69, 9.17) is 0 Å². The first-order valence-electron chi connectivity index (χ1n) is 7.44. The van der Waals surface area contributed by atoms with Crippen LogP contribution in [0.1, 0.15) is 36.5 Å². The van der Waals surface area contributed by atoms with Crippen LogP contribution < -0.4 is 5.32 Å². The second-order valence-corrected chi connectivity index (χ2v) is 6.01. The van der Waals surface area contributed by atoms with Gasteiger partial charge < -0.3 is 5.32 Å². The van der Waals surface area contributed by atoms with Gasteiger partial charge in [-0.15, -0.1) is 0 Å². The first kappa shape index (κ1) is 16.0. The number of halogens is 1. The summed E-state index contributed by atoms with van der Waals surface area (Å²) < 4.78 is 0. The quantitative estimate of drug-likeness (QED) is 0.763. The third-order valence-corrected chi connectivity index (χ3v) is 4.12. The number of para-hydroxylation sites is 1. The minimum atomic E-state index is -0.00993. The molecule has 112 valence electrons. The molecular weight excluding hydrogens is 328 g/mol. The summed E-state index contributed by atoms with van der Waals surface area (Å²) in [6.07, 6.45) is 5.07. The molecule has 2 rings (SSSR count). The third kappa shape index (κ3) is 4.27. The summed E-state index contributed by atoms with van der Waals surface area (Å²) >= 11 is 3.48. The van der Waals surface area contributed by atoms with Crippen molar-refractivity contribution in [2.45, 2.75) is 26.2 Å². The van der Waals surface area contributed by atoms with Crippen molar-refractivity contribution in [3.63, 3.8) is 0 Å². The van der Waals surface area contributed by atoms with E-state index in [1.165, 1.54) is 0 Å². The number of hydrogen-bond donors (Lipinski definition) is 1. The van der Waals surface area contributed by atoms with Crippen molar-refractivity contribution in [3.8, 4) is 0 Å². The molecule has 0 radical (unpaired) electrons. The van der Waals surface area contributed by atoms with Crippen molar-refractivity contribution in [2.24, 2.45) is 5.92 Å². The van der Waals surface area contributed by atoms with Crippen LogP contribution in [-0.2, 0) is 0 Å². The third-order valence-electron chi connectivity index (χ3n) is 3.66. The van der Waals surface area contributed by atoms with Gasteiger partial charge >= 0.3 is 0 Å². The summed E-state index contributed by atoms with van der Waals surface area (Å²) in [5.41, 5.74) is 1.56. The Balaban J connectivity index is 2.08. The number of carbonyl (C=O) groups is 1. The molecule has 0 bridgehead atoms. The maximum absolute atomic E-state index is 12.4. The lowest BCUT2D eigenvalue weighted by atomic mass is 10.0. The van der Waals surface area contributed by atoms with Crippen LogP contribution in [0.5, 0.6) is 0 Å². The van der Waals surface area contributed by atoms with Gasteiger partial charge in [0.2, 0.25) is 0 Å². The van der Waals surface area contributed by atoms with E-state index in [1.54, 1.807) is 12.3 Å². The van der Waals surface area contributed by atoms with Crippen LogP contribution in [0.4, 0.5) is 0 Å². The van der Waals surface area contributed by atoms with Crippen LogP contribution in [0.3, 0.4) is 0 Å². The summed E-state index contributed by atoms with van der Waals surface area (Å²) in [5, 5.41) is 4.96. The highest BCUT2D eigenvalue weighted by molar-refractivity contribution is 9.09. The van der Waals surface area contributed by atoms with Gasteiger partial charge in [-0.25, -0.2) is 0 Å². The molecule has 4 heteroatoms. The molecule has 0 aliphatic heterocycles. The van der Waals surface area contributed by atoms with E-state index in [9.17, 15) is 4.79 Å². The Morgan fingerprint density at radius 3 is 2.86 bits per heavy atom. The van der Waals surface area contributed by atoms with E-state index < -0.39 is 0 Å². The molecule has 0 fully saturated rings. The number of aromatic nitrogens is 1. The van der Waals surface area contributed by atoms with Gasteiger partial charge in [-0.3, -0.25) is 9.78 Å². The molecule has 2 aromatic rings. The van der Waals surface area contributed by atoms with Gasteiger partial charge in [-0.2, -0.15) is 0 Å². The zero-order valence-corrected chi connectivity index (χ0v) is 13.9. The minimum Gasteiger partial charge on any atom is -0.352 e. The summed E-state index contributed by atoms with van der Waals surface area (Å²) in [7, 11) is 0. The maximum Gasteiger partial charge on any atom is 0.252 e. The van der Waals surface area contributed by atoms with Crippen LogP contribution in [0, 0.1) is 5.92 Å². The summed E-state index contributed by atoms with van der Waals surface area (Å²) in [5.74, 6) is 0.524. The number of hydrogen-bond acceptors (Lipinski definition) is 2. The van der Waals surface area contributed by atoms with Gasteiger partial charge in [-0.05, 0) is 30.9 Å². The van der Waals surface area contributed by atoms with Gasteiger partial charge in [0.05, 0.1) is 11.1 Å². The minimum absolute atomic E-state index is 0.00993. The molecule has 0 saturated carbocycles. The lowest BCUT2D eigenvalue weighted by Gasteiger charge is -2.16. The van der Waals surface area contributed by atoms with Crippen LogP contribution >= 0.6 is 15.9 Å². The van der Waals surface area contributed by atoms with E-state index >= 15 is 0 Å². The molecule has 1 aromatic carbocycles. The van der Waals surface area contributed by atoms with E-state index in [1.807, 2.05) is 24.3 Å². The molecule has 0 saturated heterocycles. The number of rotatable bonds is 7. The Labute approximate surface area is 134 Å². The highest BCUT2D eigenvalue weighted by Crippen LogP contribution is 2.17. The molecule has 0 aliphatic carbocycles. The van der Waals surface area contributed by atoms with Gasteiger partial charge in [0, 0.05) is 23.5 Å². The Morgan fingerprint density at radius 1 is 1.29 bits per heavy atom. The maximum atomic E-state index is 12.4. The van der Waals surface area contributed by atoms with Crippen LogP contribution in [0.2, 0.25) is 0 Å². The lowest BCUT2D eigenvalue weighted by Crippen LogP contribution is -2.29. The molecule has 3 nitrogen and oxygen atoms in total. The number of pyridine rings is 1. The number of amides is 1. The predicted octanol–water partition coefficient (Wildman–Crippen LogP) is 4.17. The van der Waals surface area contributed by atoms with Gasteiger partial charge in [0.15, 0.2) is 0 Å². The SMILES string of the molecule is CCCC(CCBr)CNC(=O)c1ccnc2ccccc12. The topological polar surface area (TPSA) is 42.0 Å². The average Bonchev–Trinajstić information content (AvgIpc) is 2.52. The van der Waals surface area contributed by atoms with Gasteiger partial charge in [0.1, 0.15) is 0 Å². The summed E-state index contributed by atoms with van der Waals surface area (Å²) in [4.78, 5) is 16.7. The van der Waals surface area contributed by atoms with Crippen LogP contribution in [0.25, 0.3) is 10.9 Å². The molecule has 0 spiro atoms. The Hall–Kier alpha value is -1.42. The van der Waals surface area contributed by atoms with E-state index in [2.05, 4.69) is 33.2 Å². The lowest BCUT2D eigenvalue weighted by molar-refractivity contribution is 0.0947. The first-order valence-corrected chi connectivity index (χ1v) is 8.56. The molecule has 21 heavy (non-hydrogen) atoms. The highest BCUT2D eigenvalue weighted by atomic mass is 79.9. The van der Waals surface area contributed by atoms with Gasteiger partial charge in [-0.1, -0.05) is 47.5 Å². The second-order valence-electron chi connectivity index (χ2n) is 5.22. The number of alkyl halides is 1. The normalized spacial score (nSPS) is 12.3. The fourth-order valence-electron chi connectivity index (χ4n) is 2.54. The molecular formula is C17H21BrN2O. The smallest absolute Gasteiger partial charge is 0.252 e. The Morgan fingerprint density at radius 2 is 2.10 bits per heavy atom. The number of nitrogens with one attached hydrogen (secondary N) is 1. The number of carbonyl (C=O) groups excluding carboxylic acids is 1. The molecule has 1 amide bonds. The predicted molar refractivity (Wildman–Crippen MR) is 90.9 cm³/mol. The monoisotopic (exact) mass is 348 g/mol. The first-order chi connectivity index (χ1) is 10.3. The zero-order valence-electron chi connectivity index (χ0n) is 12.3. The summed E-state index contributed by atoms with van der Waals surface area (Å²) in [6, 6.07) is 9.53.